The lowest BCUT2D eigenvalue weighted by atomic mass is 10.1. The molecule has 0 atom stereocenters. The van der Waals surface area contributed by atoms with E-state index >= 15 is 0 Å². The number of hydrogen-bond acceptors (Lipinski definition) is 8. The molecule has 4 rings (SSSR count). The van der Waals surface area contributed by atoms with Crippen LogP contribution < -0.4 is 10.6 Å². The molecule has 11 heteroatoms. The maximum absolute atomic E-state index is 13.0. The van der Waals surface area contributed by atoms with Crippen molar-refractivity contribution in [1.29, 1.82) is 0 Å². The molecule has 0 saturated carbocycles. The van der Waals surface area contributed by atoms with Gasteiger partial charge in [-0.15, -0.1) is 10.2 Å². The number of nitrogens with one attached hydrogen (secondary N) is 2. The Labute approximate surface area is 188 Å². The summed E-state index contributed by atoms with van der Waals surface area (Å²) >= 11 is 3.53. The molecule has 0 spiro atoms. The van der Waals surface area contributed by atoms with Crippen molar-refractivity contribution in [3.63, 3.8) is 0 Å². The number of hydrogen-bond donors (Lipinski definition) is 2. The van der Waals surface area contributed by atoms with Gasteiger partial charge in [-0.25, -0.2) is 4.39 Å². The number of nitrogens with zero attached hydrogens (tertiary/aromatic N) is 2. The first-order valence-corrected chi connectivity index (χ1v) is 11.5. The Morgan fingerprint density at radius 2 is 1.84 bits per heavy atom. The van der Waals surface area contributed by atoms with Gasteiger partial charge in [0.25, 0.3) is 17.1 Å². The van der Waals surface area contributed by atoms with Crippen LogP contribution in [0, 0.1) is 5.82 Å². The van der Waals surface area contributed by atoms with Gasteiger partial charge in [0.1, 0.15) is 5.82 Å². The molecule has 3 amide bonds. The minimum Gasteiger partial charge on any atom is -0.296 e. The third-order valence-corrected chi connectivity index (χ3v) is 6.87. The number of rotatable bonds is 6. The number of halogens is 1. The Kier molecular flexibility index (Phi) is 6.44. The maximum atomic E-state index is 13.0. The number of carbonyl (C=O) groups excluding carboxylic acids is 3. The maximum Gasteiger partial charge on any atom is 0.290 e. The van der Waals surface area contributed by atoms with Crippen molar-refractivity contribution in [3.05, 3.63) is 75.9 Å². The van der Waals surface area contributed by atoms with E-state index in [-0.39, 0.29) is 11.7 Å². The number of anilines is 1. The van der Waals surface area contributed by atoms with Crippen LogP contribution in [0.15, 0.2) is 57.8 Å². The molecule has 1 saturated heterocycles. The van der Waals surface area contributed by atoms with Crippen LogP contribution in [0.2, 0.25) is 0 Å². The third kappa shape index (κ3) is 5.57. The first-order chi connectivity index (χ1) is 15.0. The molecular formula is C20H13FN4O3S3. The van der Waals surface area contributed by atoms with Crippen LogP contribution in [-0.4, -0.2) is 27.3 Å². The van der Waals surface area contributed by atoms with Gasteiger partial charge in [-0.05, 0) is 53.2 Å². The average Bonchev–Trinajstić information content (AvgIpc) is 3.33. The van der Waals surface area contributed by atoms with Crippen LogP contribution in [0.3, 0.4) is 0 Å². The van der Waals surface area contributed by atoms with Gasteiger partial charge in [-0.2, -0.15) is 0 Å². The molecule has 2 N–H and O–H groups in total. The van der Waals surface area contributed by atoms with Gasteiger partial charge < -0.3 is 0 Å². The topological polar surface area (TPSA) is 101 Å². The second-order valence-corrected chi connectivity index (χ2v) is 9.43. The average molecular weight is 473 g/mol. The predicted octanol–water partition coefficient (Wildman–Crippen LogP) is 4.55. The smallest absolute Gasteiger partial charge is 0.290 e. The number of benzene rings is 2. The number of thioether (sulfide) groups is 2. The summed E-state index contributed by atoms with van der Waals surface area (Å²) in [6, 6.07) is 12.8. The lowest BCUT2D eigenvalue weighted by Crippen LogP contribution is -2.17. The van der Waals surface area contributed by atoms with Crippen molar-refractivity contribution >= 4 is 63.1 Å². The van der Waals surface area contributed by atoms with E-state index in [1.54, 1.807) is 42.5 Å². The van der Waals surface area contributed by atoms with Gasteiger partial charge in [0.15, 0.2) is 4.34 Å². The molecule has 2 aromatic carbocycles. The Morgan fingerprint density at radius 1 is 1.10 bits per heavy atom. The van der Waals surface area contributed by atoms with Gasteiger partial charge >= 0.3 is 0 Å². The van der Waals surface area contributed by atoms with Crippen molar-refractivity contribution in [1.82, 2.24) is 15.5 Å². The van der Waals surface area contributed by atoms with E-state index in [1.807, 2.05) is 0 Å². The first-order valence-electron chi connectivity index (χ1n) is 8.83. The highest BCUT2D eigenvalue weighted by atomic mass is 32.2. The SMILES string of the molecule is O=C1NC(=O)/C(=C\c2ccc(C(=O)Nc3nnc(SCc4ccc(F)cc4)s3)cc2)S1. The quantitative estimate of drug-likeness (QED) is 0.308. The van der Waals surface area contributed by atoms with Crippen LogP contribution >= 0.6 is 34.9 Å². The lowest BCUT2D eigenvalue weighted by molar-refractivity contribution is -0.115. The van der Waals surface area contributed by atoms with Gasteiger partial charge in [0, 0.05) is 11.3 Å². The molecule has 1 aliphatic rings. The van der Waals surface area contributed by atoms with Gasteiger partial charge in [-0.3, -0.25) is 25.0 Å². The summed E-state index contributed by atoms with van der Waals surface area (Å²) in [5.41, 5.74) is 2.07. The van der Waals surface area contributed by atoms with Crippen molar-refractivity contribution in [2.45, 2.75) is 10.1 Å². The summed E-state index contributed by atoms with van der Waals surface area (Å²) in [6.07, 6.45) is 1.59. The molecule has 156 valence electrons. The van der Waals surface area contributed by atoms with Crippen LogP contribution in [0.5, 0.6) is 0 Å². The zero-order valence-corrected chi connectivity index (χ0v) is 18.1. The second-order valence-electron chi connectivity index (χ2n) is 6.22. The lowest BCUT2D eigenvalue weighted by Gasteiger charge is -2.02. The molecule has 7 nitrogen and oxygen atoms in total. The second kappa shape index (κ2) is 9.41. The number of imide groups is 1. The fourth-order valence-electron chi connectivity index (χ4n) is 2.52. The molecule has 0 bridgehead atoms. The highest BCUT2D eigenvalue weighted by Crippen LogP contribution is 2.29. The Morgan fingerprint density at radius 3 is 2.52 bits per heavy atom. The zero-order chi connectivity index (χ0) is 21.8. The van der Waals surface area contributed by atoms with E-state index in [0.717, 1.165) is 17.3 Å². The summed E-state index contributed by atoms with van der Waals surface area (Å²) in [7, 11) is 0. The van der Waals surface area contributed by atoms with Gasteiger partial charge in [0.05, 0.1) is 4.91 Å². The van der Waals surface area contributed by atoms with E-state index in [2.05, 4.69) is 20.8 Å². The molecule has 0 aliphatic carbocycles. The molecule has 0 unspecified atom stereocenters. The number of carbonyl (C=O) groups is 3. The molecule has 31 heavy (non-hydrogen) atoms. The molecule has 1 fully saturated rings. The minimum absolute atomic E-state index is 0.280. The third-order valence-electron chi connectivity index (χ3n) is 4.02. The Hall–Kier alpha value is -3.02. The van der Waals surface area contributed by atoms with Crippen LogP contribution in [0.25, 0.3) is 6.08 Å². The predicted molar refractivity (Wildman–Crippen MR) is 119 cm³/mol. The van der Waals surface area contributed by atoms with E-state index in [9.17, 15) is 18.8 Å². The van der Waals surface area contributed by atoms with E-state index < -0.39 is 11.1 Å². The summed E-state index contributed by atoms with van der Waals surface area (Å²) < 4.78 is 13.6. The normalized spacial score (nSPS) is 14.7. The Bertz CT molecular complexity index is 1180. The molecule has 1 aromatic heterocycles. The van der Waals surface area contributed by atoms with Crippen molar-refractivity contribution in [2.24, 2.45) is 0 Å². The highest BCUT2D eigenvalue weighted by molar-refractivity contribution is 8.18. The van der Waals surface area contributed by atoms with Gasteiger partial charge in [0.2, 0.25) is 5.13 Å². The molecule has 1 aliphatic heterocycles. The summed E-state index contributed by atoms with van der Waals surface area (Å²) in [5, 5.41) is 12.9. The standard InChI is InChI=1S/C20H13FN4O3S3/c21-14-7-3-12(4-8-14)10-29-20-25-24-18(31-20)22-16(26)13-5-1-11(2-6-13)9-15-17(27)23-19(28)30-15/h1-9H,10H2,(H,22,24,26)(H,23,27,28)/b15-9+. The summed E-state index contributed by atoms with van der Waals surface area (Å²) in [4.78, 5) is 35.6. The van der Waals surface area contributed by atoms with E-state index in [0.29, 0.717) is 31.3 Å². The van der Waals surface area contributed by atoms with Gasteiger partial charge in [-0.1, -0.05) is 47.4 Å². The van der Waals surface area contributed by atoms with Crippen LogP contribution in [-0.2, 0) is 10.5 Å². The molecule has 3 aromatic rings. The molecule has 0 radical (unpaired) electrons. The van der Waals surface area contributed by atoms with Crippen molar-refractivity contribution < 1.29 is 18.8 Å². The fraction of sp³-hybridized carbons (Fsp3) is 0.0500. The largest absolute Gasteiger partial charge is 0.296 e. The van der Waals surface area contributed by atoms with Crippen molar-refractivity contribution in [3.8, 4) is 0 Å². The summed E-state index contributed by atoms with van der Waals surface area (Å²) in [6.45, 7) is 0. The molecular weight excluding hydrogens is 459 g/mol. The monoisotopic (exact) mass is 472 g/mol. The first kappa shape index (κ1) is 21.2. The van der Waals surface area contributed by atoms with Crippen molar-refractivity contribution in [2.75, 3.05) is 5.32 Å². The fourth-order valence-corrected chi connectivity index (χ4v) is 4.90. The number of aromatic nitrogens is 2. The van der Waals surface area contributed by atoms with E-state index in [4.69, 9.17) is 0 Å². The molecule has 2 heterocycles. The zero-order valence-electron chi connectivity index (χ0n) is 15.6. The number of amides is 3. The van der Waals surface area contributed by atoms with E-state index in [1.165, 1.54) is 35.2 Å². The summed E-state index contributed by atoms with van der Waals surface area (Å²) in [5.74, 6) is -0.436. The van der Waals surface area contributed by atoms with Crippen LogP contribution in [0.1, 0.15) is 21.5 Å². The van der Waals surface area contributed by atoms with Crippen LogP contribution in [0.4, 0.5) is 14.3 Å². The Balaban J connectivity index is 1.34. The highest BCUT2D eigenvalue weighted by Gasteiger charge is 2.24. The minimum atomic E-state index is -0.429.